The molecule has 0 saturated heterocycles. The zero-order valence-electron chi connectivity index (χ0n) is 11.1. The molecule has 0 fully saturated rings. The molecule has 0 bridgehead atoms. The molecule has 102 valence electrons. The number of anilines is 1. The molecule has 0 saturated carbocycles. The maximum Gasteiger partial charge on any atom is 0.238 e. The Labute approximate surface area is 125 Å². The van der Waals surface area contributed by atoms with Gasteiger partial charge < -0.3 is 10.1 Å². The van der Waals surface area contributed by atoms with E-state index < -0.39 is 0 Å². The summed E-state index contributed by atoms with van der Waals surface area (Å²) in [6.45, 7) is 4.64. The normalized spacial score (nSPS) is 9.90. The summed E-state index contributed by atoms with van der Waals surface area (Å²) in [7, 11) is 0. The molecule has 0 amide bonds. The lowest BCUT2D eigenvalue weighted by Crippen LogP contribution is -2.02. The van der Waals surface area contributed by atoms with Gasteiger partial charge in [-0.1, -0.05) is 6.07 Å². The van der Waals surface area contributed by atoms with Crippen LogP contribution < -0.4 is 10.1 Å². The van der Waals surface area contributed by atoms with Crippen LogP contribution in [0.15, 0.2) is 29.0 Å². The molecule has 0 unspecified atom stereocenters. The Bertz CT molecular complexity index is 667. The first kappa shape index (κ1) is 14.3. The first-order chi connectivity index (χ1) is 9.65. The number of ether oxygens (including phenoxy) is 1. The van der Waals surface area contributed by atoms with Crippen molar-refractivity contribution in [2.45, 2.75) is 13.8 Å². The van der Waals surface area contributed by atoms with Gasteiger partial charge in [-0.3, -0.25) is 0 Å². The van der Waals surface area contributed by atoms with E-state index in [4.69, 9.17) is 10.00 Å². The monoisotopic (exact) mass is 332 g/mol. The van der Waals surface area contributed by atoms with Gasteiger partial charge in [0.2, 0.25) is 5.88 Å². The summed E-state index contributed by atoms with van der Waals surface area (Å²) in [6.07, 6.45) is 1.43. The first-order valence-corrected chi connectivity index (χ1v) is 6.88. The Hall–Kier alpha value is -2.13. The second-order valence-corrected chi connectivity index (χ2v) is 4.86. The summed E-state index contributed by atoms with van der Waals surface area (Å²) in [6, 6.07) is 7.37. The van der Waals surface area contributed by atoms with Crippen molar-refractivity contribution in [2.24, 2.45) is 0 Å². The van der Waals surface area contributed by atoms with Gasteiger partial charge >= 0.3 is 0 Å². The van der Waals surface area contributed by atoms with Crippen LogP contribution in [0.1, 0.15) is 18.1 Å². The fourth-order valence-electron chi connectivity index (χ4n) is 1.60. The summed E-state index contributed by atoms with van der Waals surface area (Å²) >= 11 is 3.42. The van der Waals surface area contributed by atoms with Crippen molar-refractivity contribution in [3.63, 3.8) is 0 Å². The summed E-state index contributed by atoms with van der Waals surface area (Å²) in [5, 5.41) is 12.0. The number of nitrogens with one attached hydrogen (secondary N) is 1. The van der Waals surface area contributed by atoms with Gasteiger partial charge in [0.1, 0.15) is 22.4 Å². The predicted molar refractivity (Wildman–Crippen MR) is 79.9 cm³/mol. The number of benzene rings is 1. The fourth-order valence-corrected chi connectivity index (χ4v) is 2.03. The Morgan fingerprint density at radius 2 is 2.20 bits per heavy atom. The van der Waals surface area contributed by atoms with E-state index in [-0.39, 0.29) is 0 Å². The van der Waals surface area contributed by atoms with E-state index in [1.165, 1.54) is 6.33 Å². The average molecular weight is 333 g/mol. The van der Waals surface area contributed by atoms with Gasteiger partial charge in [-0.05, 0) is 47.5 Å². The van der Waals surface area contributed by atoms with E-state index in [2.05, 4.69) is 37.3 Å². The van der Waals surface area contributed by atoms with E-state index in [0.717, 1.165) is 12.1 Å². The minimum absolute atomic E-state index is 0.411. The van der Waals surface area contributed by atoms with E-state index in [0.29, 0.717) is 27.5 Å². The van der Waals surface area contributed by atoms with Crippen LogP contribution in [-0.2, 0) is 0 Å². The standard InChI is InChI=1S/C14H13BrN4O/c1-3-17-13-12(15)14(19-8-18-13)20-11-6-10(7-16)5-4-9(11)2/h4-6,8H,3H2,1-2H3,(H,17,18,19). The van der Waals surface area contributed by atoms with E-state index >= 15 is 0 Å². The second-order valence-electron chi connectivity index (χ2n) is 4.07. The summed E-state index contributed by atoms with van der Waals surface area (Å²) < 4.78 is 6.44. The third-order valence-corrected chi connectivity index (χ3v) is 3.34. The van der Waals surface area contributed by atoms with Crippen LogP contribution >= 0.6 is 15.9 Å². The molecule has 0 atom stereocenters. The largest absolute Gasteiger partial charge is 0.437 e. The number of hydrogen-bond acceptors (Lipinski definition) is 5. The molecule has 0 aliphatic rings. The topological polar surface area (TPSA) is 70.8 Å². The van der Waals surface area contributed by atoms with Gasteiger partial charge in [0.25, 0.3) is 0 Å². The van der Waals surface area contributed by atoms with Crippen molar-refractivity contribution in [3.8, 4) is 17.7 Å². The molecule has 1 N–H and O–H groups in total. The molecule has 2 rings (SSSR count). The number of nitrogens with zero attached hydrogens (tertiary/aromatic N) is 3. The average Bonchev–Trinajstić information content (AvgIpc) is 2.45. The third-order valence-electron chi connectivity index (χ3n) is 2.63. The molecular formula is C14H13BrN4O. The molecule has 6 heteroatoms. The number of hydrogen-bond donors (Lipinski definition) is 1. The van der Waals surface area contributed by atoms with Gasteiger partial charge in [0.15, 0.2) is 0 Å². The lowest BCUT2D eigenvalue weighted by molar-refractivity contribution is 0.455. The number of rotatable bonds is 4. The lowest BCUT2D eigenvalue weighted by Gasteiger charge is -2.11. The predicted octanol–water partition coefficient (Wildman–Crippen LogP) is 3.64. The van der Waals surface area contributed by atoms with Crippen LogP contribution in [0.5, 0.6) is 11.6 Å². The van der Waals surface area contributed by atoms with Crippen molar-refractivity contribution in [1.82, 2.24) is 9.97 Å². The SMILES string of the molecule is CCNc1ncnc(Oc2cc(C#N)ccc2C)c1Br. The third kappa shape index (κ3) is 3.06. The molecule has 0 radical (unpaired) electrons. The smallest absolute Gasteiger partial charge is 0.238 e. The summed E-state index contributed by atoms with van der Waals surface area (Å²) in [4.78, 5) is 8.23. The molecular weight excluding hydrogens is 320 g/mol. The van der Waals surface area contributed by atoms with Crippen LogP contribution in [-0.4, -0.2) is 16.5 Å². The molecule has 0 aliphatic heterocycles. The van der Waals surface area contributed by atoms with Crippen molar-refractivity contribution in [2.75, 3.05) is 11.9 Å². The van der Waals surface area contributed by atoms with Crippen molar-refractivity contribution < 1.29 is 4.74 Å². The lowest BCUT2D eigenvalue weighted by atomic mass is 10.1. The highest BCUT2D eigenvalue weighted by Crippen LogP contribution is 2.33. The highest BCUT2D eigenvalue weighted by Gasteiger charge is 2.12. The molecule has 1 heterocycles. The highest BCUT2D eigenvalue weighted by atomic mass is 79.9. The maximum absolute atomic E-state index is 8.94. The molecule has 0 spiro atoms. The molecule has 0 aliphatic carbocycles. The molecule has 2 aromatic rings. The molecule has 1 aromatic heterocycles. The van der Waals surface area contributed by atoms with Crippen LogP contribution in [0.3, 0.4) is 0 Å². The highest BCUT2D eigenvalue weighted by molar-refractivity contribution is 9.10. The van der Waals surface area contributed by atoms with E-state index in [1.807, 2.05) is 19.9 Å². The van der Waals surface area contributed by atoms with E-state index in [9.17, 15) is 0 Å². The van der Waals surface area contributed by atoms with Gasteiger partial charge in [-0.2, -0.15) is 5.26 Å². The van der Waals surface area contributed by atoms with Gasteiger partial charge in [0, 0.05) is 6.54 Å². The zero-order valence-corrected chi connectivity index (χ0v) is 12.7. The molecule has 1 aromatic carbocycles. The zero-order chi connectivity index (χ0) is 14.5. The van der Waals surface area contributed by atoms with Crippen molar-refractivity contribution in [3.05, 3.63) is 40.1 Å². The van der Waals surface area contributed by atoms with Gasteiger partial charge in [-0.15, -0.1) is 0 Å². The van der Waals surface area contributed by atoms with Gasteiger partial charge in [0.05, 0.1) is 11.6 Å². The van der Waals surface area contributed by atoms with Crippen LogP contribution in [0, 0.1) is 18.3 Å². The van der Waals surface area contributed by atoms with Crippen molar-refractivity contribution >= 4 is 21.7 Å². The number of nitriles is 1. The Kier molecular flexibility index (Phi) is 4.53. The van der Waals surface area contributed by atoms with Crippen LogP contribution in [0.25, 0.3) is 0 Å². The Morgan fingerprint density at radius 3 is 2.90 bits per heavy atom. The first-order valence-electron chi connectivity index (χ1n) is 6.08. The minimum Gasteiger partial charge on any atom is -0.437 e. The Balaban J connectivity index is 2.35. The van der Waals surface area contributed by atoms with Crippen LogP contribution in [0.2, 0.25) is 0 Å². The minimum atomic E-state index is 0.411. The fraction of sp³-hybridized carbons (Fsp3) is 0.214. The number of aryl methyl sites for hydroxylation is 1. The van der Waals surface area contributed by atoms with Crippen LogP contribution in [0.4, 0.5) is 5.82 Å². The summed E-state index contributed by atoms with van der Waals surface area (Å²) in [5.74, 6) is 1.69. The molecule has 20 heavy (non-hydrogen) atoms. The Morgan fingerprint density at radius 1 is 1.40 bits per heavy atom. The van der Waals surface area contributed by atoms with Gasteiger partial charge in [-0.25, -0.2) is 9.97 Å². The number of aromatic nitrogens is 2. The second kappa shape index (κ2) is 6.35. The van der Waals surface area contributed by atoms with Crippen molar-refractivity contribution in [1.29, 1.82) is 5.26 Å². The molecule has 5 nitrogen and oxygen atoms in total. The summed E-state index contributed by atoms with van der Waals surface area (Å²) in [5.41, 5.74) is 1.47. The number of halogens is 1. The van der Waals surface area contributed by atoms with E-state index in [1.54, 1.807) is 12.1 Å². The quantitative estimate of drug-likeness (QED) is 0.925. The maximum atomic E-state index is 8.94.